The minimum Gasteiger partial charge on any atom is -0.316 e. The van der Waals surface area contributed by atoms with Crippen LogP contribution in [-0.2, 0) is 20.0 Å². The van der Waals surface area contributed by atoms with E-state index in [2.05, 4.69) is 14.8 Å². The summed E-state index contributed by atoms with van der Waals surface area (Å²) in [6.45, 7) is 4.94. The highest BCUT2D eigenvalue weighted by Crippen LogP contribution is 1.85. The molecule has 0 aliphatic carbocycles. The van der Waals surface area contributed by atoms with Crippen LogP contribution in [0, 0.1) is 0 Å². The molecule has 3 N–H and O–H groups in total. The Morgan fingerprint density at radius 1 is 0.824 bits per heavy atom. The van der Waals surface area contributed by atoms with Crippen LogP contribution in [0.15, 0.2) is 0 Å². The second-order valence-corrected chi connectivity index (χ2v) is 7.39. The maximum absolute atomic E-state index is 11.4. The van der Waals surface area contributed by atoms with E-state index in [-0.39, 0.29) is 18.1 Å². The predicted molar refractivity (Wildman–Crippen MR) is 67.8 cm³/mol. The van der Waals surface area contributed by atoms with Crippen LogP contribution in [0.25, 0.3) is 0 Å². The Balaban J connectivity index is 3.87. The van der Waals surface area contributed by atoms with Gasteiger partial charge in [-0.3, -0.25) is 0 Å². The van der Waals surface area contributed by atoms with Gasteiger partial charge in [0.1, 0.15) is 0 Å². The molecule has 0 aliphatic rings. The smallest absolute Gasteiger partial charge is 0.212 e. The molecule has 0 saturated carbocycles. The lowest BCUT2D eigenvalue weighted by atomic mass is 10.6. The molecule has 0 atom stereocenters. The first kappa shape index (κ1) is 16.8. The Hall–Kier alpha value is -0.220. The maximum atomic E-state index is 11.4. The molecule has 0 heterocycles. The zero-order valence-electron chi connectivity index (χ0n) is 10.2. The predicted octanol–water partition coefficient (Wildman–Crippen LogP) is -1.55. The van der Waals surface area contributed by atoms with Crippen molar-refractivity contribution in [2.24, 2.45) is 0 Å². The second kappa shape index (κ2) is 7.98. The van der Waals surface area contributed by atoms with Gasteiger partial charge in [0, 0.05) is 19.6 Å². The zero-order chi connectivity index (χ0) is 13.4. The van der Waals surface area contributed by atoms with Crippen LogP contribution >= 0.6 is 0 Å². The van der Waals surface area contributed by atoms with Crippen LogP contribution in [0.5, 0.6) is 0 Å². The van der Waals surface area contributed by atoms with Gasteiger partial charge in [-0.15, -0.1) is 0 Å². The van der Waals surface area contributed by atoms with Crippen molar-refractivity contribution in [3.63, 3.8) is 0 Å². The van der Waals surface area contributed by atoms with Gasteiger partial charge in [0.15, 0.2) is 0 Å². The van der Waals surface area contributed by atoms with Gasteiger partial charge in [-0.25, -0.2) is 26.3 Å². The molecule has 0 aromatic heterocycles. The summed E-state index contributed by atoms with van der Waals surface area (Å²) in [5.41, 5.74) is 0. The molecule has 9 heteroatoms. The van der Waals surface area contributed by atoms with Crippen LogP contribution in [0.1, 0.15) is 13.8 Å². The molecule has 0 bridgehead atoms. The summed E-state index contributed by atoms with van der Waals surface area (Å²) >= 11 is 0. The van der Waals surface area contributed by atoms with E-state index in [9.17, 15) is 16.8 Å². The molecule has 0 saturated heterocycles. The van der Waals surface area contributed by atoms with Crippen molar-refractivity contribution < 1.29 is 16.8 Å². The highest BCUT2D eigenvalue weighted by molar-refractivity contribution is 7.90. The molecule has 0 aromatic rings. The molecule has 0 spiro atoms. The number of hydrogen-bond acceptors (Lipinski definition) is 5. The van der Waals surface area contributed by atoms with Crippen LogP contribution in [0.3, 0.4) is 0 Å². The van der Waals surface area contributed by atoms with Crippen molar-refractivity contribution in [3.8, 4) is 0 Å². The fourth-order valence-corrected chi connectivity index (χ4v) is 2.65. The number of nitrogens with one attached hydrogen (secondary N) is 3. The van der Waals surface area contributed by atoms with E-state index in [0.717, 1.165) is 6.54 Å². The number of rotatable bonds is 10. The van der Waals surface area contributed by atoms with Gasteiger partial charge in [0.05, 0.1) is 11.5 Å². The first-order valence-corrected chi connectivity index (χ1v) is 8.79. The van der Waals surface area contributed by atoms with Gasteiger partial charge < -0.3 is 5.32 Å². The minimum atomic E-state index is -3.41. The highest BCUT2D eigenvalue weighted by Gasteiger charge is 2.11. The number of hydrogen-bond donors (Lipinski definition) is 3. The van der Waals surface area contributed by atoms with Gasteiger partial charge in [-0.2, -0.15) is 0 Å². The van der Waals surface area contributed by atoms with Crippen molar-refractivity contribution in [2.45, 2.75) is 13.8 Å². The Labute approximate surface area is 103 Å². The summed E-state index contributed by atoms with van der Waals surface area (Å²) in [5, 5.41) is 2.97. The van der Waals surface area contributed by atoms with Crippen molar-refractivity contribution in [3.05, 3.63) is 0 Å². The highest BCUT2D eigenvalue weighted by atomic mass is 32.2. The molecule has 0 fully saturated rings. The number of likely N-dealkylation sites (N-methyl/N-ethyl adjacent to an activating group) is 1. The van der Waals surface area contributed by atoms with Crippen LogP contribution in [0.4, 0.5) is 0 Å². The van der Waals surface area contributed by atoms with Crippen molar-refractivity contribution in [1.29, 1.82) is 0 Å². The molecule has 0 aromatic carbocycles. The molecule has 0 rings (SSSR count). The Morgan fingerprint density at radius 3 is 1.94 bits per heavy atom. The molecular weight excluding hydrogens is 266 g/mol. The van der Waals surface area contributed by atoms with E-state index < -0.39 is 20.0 Å². The standard InChI is InChI=1S/C8H21N3O4S2/c1-3-9-5-6-10-17(14,15)8-7-11-16(12,13)4-2/h9-11H,3-8H2,1-2H3. The number of sulfonamides is 2. The van der Waals surface area contributed by atoms with Gasteiger partial charge in [-0.1, -0.05) is 6.92 Å². The van der Waals surface area contributed by atoms with E-state index >= 15 is 0 Å². The Kier molecular flexibility index (Phi) is 7.88. The molecule has 104 valence electrons. The lowest BCUT2D eigenvalue weighted by molar-refractivity contribution is 0.573. The molecule has 0 unspecified atom stereocenters. The normalized spacial score (nSPS) is 12.8. The van der Waals surface area contributed by atoms with Crippen molar-refractivity contribution in [2.75, 3.05) is 37.7 Å². The van der Waals surface area contributed by atoms with Gasteiger partial charge in [0.25, 0.3) is 0 Å². The van der Waals surface area contributed by atoms with Gasteiger partial charge in [-0.05, 0) is 13.5 Å². The third-order valence-electron chi connectivity index (χ3n) is 1.95. The van der Waals surface area contributed by atoms with E-state index in [0.29, 0.717) is 13.1 Å². The van der Waals surface area contributed by atoms with E-state index in [1.54, 1.807) is 0 Å². The van der Waals surface area contributed by atoms with Crippen LogP contribution < -0.4 is 14.8 Å². The van der Waals surface area contributed by atoms with Crippen molar-refractivity contribution in [1.82, 2.24) is 14.8 Å². The van der Waals surface area contributed by atoms with Gasteiger partial charge >= 0.3 is 0 Å². The monoisotopic (exact) mass is 287 g/mol. The third kappa shape index (κ3) is 9.48. The summed E-state index contributed by atoms with van der Waals surface area (Å²) < 4.78 is 49.5. The first-order chi connectivity index (χ1) is 7.83. The average molecular weight is 287 g/mol. The molecule has 17 heavy (non-hydrogen) atoms. The lowest BCUT2D eigenvalue weighted by Gasteiger charge is -2.07. The fraction of sp³-hybridized carbons (Fsp3) is 1.00. The van der Waals surface area contributed by atoms with Crippen molar-refractivity contribution >= 4 is 20.0 Å². The molecule has 0 aliphatic heterocycles. The second-order valence-electron chi connectivity index (χ2n) is 3.36. The van der Waals surface area contributed by atoms with E-state index in [1.165, 1.54) is 6.92 Å². The zero-order valence-corrected chi connectivity index (χ0v) is 11.8. The summed E-state index contributed by atoms with van der Waals surface area (Å²) in [7, 11) is -6.74. The van der Waals surface area contributed by atoms with E-state index in [1.807, 2.05) is 6.92 Å². The van der Waals surface area contributed by atoms with E-state index in [4.69, 9.17) is 0 Å². The fourth-order valence-electron chi connectivity index (χ4n) is 0.977. The Bertz CT molecular complexity index is 391. The summed E-state index contributed by atoms with van der Waals surface area (Å²) in [6.07, 6.45) is 0. The third-order valence-corrected chi connectivity index (χ3v) is 4.74. The SMILES string of the molecule is CCNCCNS(=O)(=O)CCNS(=O)(=O)CC. The van der Waals surface area contributed by atoms with Crippen LogP contribution in [-0.4, -0.2) is 54.5 Å². The summed E-state index contributed by atoms with van der Waals surface area (Å²) in [4.78, 5) is 0. The minimum absolute atomic E-state index is 0.0547. The maximum Gasteiger partial charge on any atom is 0.212 e. The first-order valence-electron chi connectivity index (χ1n) is 5.48. The molecule has 7 nitrogen and oxygen atoms in total. The molecule has 0 amide bonds. The Morgan fingerprint density at radius 2 is 1.41 bits per heavy atom. The average Bonchev–Trinajstić information content (AvgIpc) is 2.24. The topological polar surface area (TPSA) is 104 Å². The molecular formula is C8H21N3O4S2. The van der Waals surface area contributed by atoms with Crippen LogP contribution in [0.2, 0.25) is 0 Å². The molecule has 0 radical (unpaired) electrons. The lowest BCUT2D eigenvalue weighted by Crippen LogP contribution is -2.37. The van der Waals surface area contributed by atoms with Gasteiger partial charge in [0.2, 0.25) is 20.0 Å². The summed E-state index contributed by atoms with van der Waals surface area (Å²) in [5.74, 6) is -0.306. The quantitative estimate of drug-likeness (QED) is 0.422. The summed E-state index contributed by atoms with van der Waals surface area (Å²) in [6, 6.07) is 0. The largest absolute Gasteiger partial charge is 0.316 e.